The normalized spacial score (nSPS) is 10.6. The van der Waals surface area contributed by atoms with Crippen LogP contribution in [0, 0.1) is 6.92 Å². The fourth-order valence-corrected chi connectivity index (χ4v) is 2.87. The number of carbonyl (C=O) groups excluding carboxylic acids is 3. The molecule has 146 valence electrons. The van der Waals surface area contributed by atoms with Crippen molar-refractivity contribution in [2.75, 3.05) is 24.7 Å². The second-order valence-corrected chi connectivity index (χ2v) is 7.15. The van der Waals surface area contributed by atoms with Crippen LogP contribution in [0.5, 0.6) is 0 Å². The molecule has 0 aliphatic rings. The molecule has 0 aliphatic heterocycles. The van der Waals surface area contributed by atoms with Gasteiger partial charge in [0.15, 0.2) is 5.69 Å². The number of aryl methyl sites for hydroxylation is 2. The first kappa shape index (κ1) is 20.5. The van der Waals surface area contributed by atoms with Crippen LogP contribution in [-0.4, -0.2) is 56.7 Å². The van der Waals surface area contributed by atoms with Crippen LogP contribution in [-0.2, 0) is 23.1 Å². The molecule has 0 bridgehead atoms. The smallest absolute Gasteiger partial charge is 0.276 e. The zero-order valence-corrected chi connectivity index (χ0v) is 16.8. The van der Waals surface area contributed by atoms with Gasteiger partial charge >= 0.3 is 0 Å². The summed E-state index contributed by atoms with van der Waals surface area (Å²) in [6.45, 7) is 3.70. The van der Waals surface area contributed by atoms with E-state index < -0.39 is 0 Å². The molecule has 2 rings (SSSR count). The molecule has 2 aromatic rings. The van der Waals surface area contributed by atoms with E-state index in [1.54, 1.807) is 28.1 Å². The van der Waals surface area contributed by atoms with Gasteiger partial charge in [0.25, 0.3) is 5.91 Å². The Balaban J connectivity index is 1.95. The molecule has 0 aromatic carbocycles. The molecule has 0 atom stereocenters. The van der Waals surface area contributed by atoms with Crippen molar-refractivity contribution in [2.24, 2.45) is 7.05 Å². The van der Waals surface area contributed by atoms with Gasteiger partial charge in [-0.25, -0.2) is 0 Å². The first-order valence-corrected chi connectivity index (χ1v) is 9.21. The number of hydrogen-bond acceptors (Lipinski definition) is 7. The molecular weight excluding hydrogens is 370 g/mol. The van der Waals surface area contributed by atoms with Crippen molar-refractivity contribution < 1.29 is 14.4 Å². The van der Waals surface area contributed by atoms with Crippen LogP contribution in [0.1, 0.15) is 41.0 Å². The second-order valence-electron chi connectivity index (χ2n) is 6.08. The molecule has 2 aromatic heterocycles. The van der Waals surface area contributed by atoms with E-state index in [0.717, 1.165) is 11.4 Å². The van der Waals surface area contributed by atoms with Gasteiger partial charge in [-0.15, -0.1) is 10.2 Å². The van der Waals surface area contributed by atoms with Crippen LogP contribution in [0.2, 0.25) is 0 Å². The van der Waals surface area contributed by atoms with Gasteiger partial charge < -0.3 is 15.5 Å². The highest BCUT2D eigenvalue weighted by molar-refractivity contribution is 7.15. The standard InChI is InChI=1S/C16H23N7O3S/c1-6-12-19-20-16(27-12)18-11(25)8-7-10(24)17-13-9(2)23(5)21-14(13)15(26)22(3)4/h6-8H2,1-5H3,(H,17,24)(H,18,20,25). The molecule has 11 heteroatoms. The lowest BCUT2D eigenvalue weighted by atomic mass is 10.2. The van der Waals surface area contributed by atoms with Gasteiger partial charge in [0, 0.05) is 34.0 Å². The van der Waals surface area contributed by atoms with Crippen molar-refractivity contribution in [1.29, 1.82) is 0 Å². The summed E-state index contributed by atoms with van der Waals surface area (Å²) in [4.78, 5) is 37.8. The first-order valence-electron chi connectivity index (χ1n) is 8.40. The Morgan fingerprint density at radius 1 is 1.11 bits per heavy atom. The Hall–Kier alpha value is -2.82. The van der Waals surface area contributed by atoms with E-state index in [9.17, 15) is 14.4 Å². The summed E-state index contributed by atoms with van der Waals surface area (Å²) < 4.78 is 1.53. The van der Waals surface area contributed by atoms with Crippen molar-refractivity contribution >= 4 is 39.9 Å². The van der Waals surface area contributed by atoms with Crippen molar-refractivity contribution in [1.82, 2.24) is 24.9 Å². The maximum Gasteiger partial charge on any atom is 0.276 e. The molecule has 3 amide bonds. The van der Waals surface area contributed by atoms with Gasteiger partial charge in [0.2, 0.25) is 16.9 Å². The van der Waals surface area contributed by atoms with Crippen molar-refractivity contribution in [3.63, 3.8) is 0 Å². The highest BCUT2D eigenvalue weighted by Crippen LogP contribution is 2.21. The Morgan fingerprint density at radius 2 is 1.74 bits per heavy atom. The number of amides is 3. The van der Waals surface area contributed by atoms with Gasteiger partial charge in [-0.3, -0.25) is 19.1 Å². The molecule has 0 aliphatic carbocycles. The minimum Gasteiger partial charge on any atom is -0.343 e. The molecule has 2 N–H and O–H groups in total. The molecule has 0 radical (unpaired) electrons. The number of nitrogens with one attached hydrogen (secondary N) is 2. The van der Waals surface area contributed by atoms with Crippen molar-refractivity contribution in [3.05, 3.63) is 16.4 Å². The summed E-state index contributed by atoms with van der Waals surface area (Å²) in [7, 11) is 4.91. The lowest BCUT2D eigenvalue weighted by molar-refractivity contribution is -0.121. The van der Waals surface area contributed by atoms with Crippen LogP contribution < -0.4 is 10.6 Å². The lowest BCUT2D eigenvalue weighted by Crippen LogP contribution is -2.24. The summed E-state index contributed by atoms with van der Waals surface area (Å²) in [5.41, 5.74) is 1.18. The zero-order chi connectivity index (χ0) is 20.1. The molecule has 0 saturated heterocycles. The molecule has 0 fully saturated rings. The third-order valence-electron chi connectivity index (χ3n) is 3.80. The maximum atomic E-state index is 12.2. The number of carbonyl (C=O) groups is 3. The van der Waals surface area contributed by atoms with Crippen LogP contribution in [0.15, 0.2) is 0 Å². The number of aromatic nitrogens is 4. The number of nitrogens with zero attached hydrogens (tertiary/aromatic N) is 5. The molecule has 2 heterocycles. The zero-order valence-electron chi connectivity index (χ0n) is 16.0. The number of rotatable bonds is 7. The Labute approximate surface area is 161 Å². The topological polar surface area (TPSA) is 122 Å². The van der Waals surface area contributed by atoms with Crippen LogP contribution in [0.3, 0.4) is 0 Å². The largest absolute Gasteiger partial charge is 0.343 e. The highest BCUT2D eigenvalue weighted by atomic mass is 32.1. The average molecular weight is 393 g/mol. The summed E-state index contributed by atoms with van der Waals surface area (Å²) in [5, 5.41) is 18.5. The van der Waals surface area contributed by atoms with Gasteiger partial charge in [-0.1, -0.05) is 18.3 Å². The SMILES string of the molecule is CCc1nnc(NC(=O)CCC(=O)Nc2c(C(=O)N(C)C)nn(C)c2C)s1. The van der Waals surface area contributed by atoms with E-state index in [1.807, 2.05) is 6.92 Å². The van der Waals surface area contributed by atoms with E-state index in [4.69, 9.17) is 0 Å². The molecule has 0 unspecified atom stereocenters. The predicted molar refractivity (Wildman–Crippen MR) is 102 cm³/mol. The van der Waals surface area contributed by atoms with E-state index in [2.05, 4.69) is 25.9 Å². The minimum absolute atomic E-state index is 0.0108. The number of hydrogen-bond donors (Lipinski definition) is 2. The minimum atomic E-state index is -0.374. The van der Waals surface area contributed by atoms with E-state index in [1.165, 1.54) is 20.9 Å². The third kappa shape index (κ3) is 5.09. The van der Waals surface area contributed by atoms with E-state index in [0.29, 0.717) is 16.5 Å². The predicted octanol–water partition coefficient (Wildman–Crippen LogP) is 1.20. The second kappa shape index (κ2) is 8.71. The van der Waals surface area contributed by atoms with Crippen LogP contribution in [0.4, 0.5) is 10.8 Å². The summed E-state index contributed by atoms with van der Waals surface area (Å²) in [6, 6.07) is 0. The molecular formula is C16H23N7O3S. The average Bonchev–Trinajstić information content (AvgIpc) is 3.18. The third-order valence-corrected chi connectivity index (χ3v) is 4.78. The first-order chi connectivity index (χ1) is 12.7. The van der Waals surface area contributed by atoms with E-state index in [-0.39, 0.29) is 36.3 Å². The number of anilines is 2. The fourth-order valence-electron chi connectivity index (χ4n) is 2.18. The lowest BCUT2D eigenvalue weighted by Gasteiger charge is -2.10. The van der Waals surface area contributed by atoms with Gasteiger partial charge in [-0.2, -0.15) is 5.10 Å². The molecule has 27 heavy (non-hydrogen) atoms. The van der Waals surface area contributed by atoms with Crippen LogP contribution >= 0.6 is 11.3 Å². The molecule has 10 nitrogen and oxygen atoms in total. The maximum absolute atomic E-state index is 12.2. The fraction of sp³-hybridized carbons (Fsp3) is 0.500. The van der Waals surface area contributed by atoms with Gasteiger partial charge in [0.1, 0.15) is 5.01 Å². The Morgan fingerprint density at radius 3 is 2.30 bits per heavy atom. The van der Waals surface area contributed by atoms with Gasteiger partial charge in [0.05, 0.1) is 11.4 Å². The van der Waals surface area contributed by atoms with Gasteiger partial charge in [-0.05, 0) is 13.3 Å². The Kier molecular flexibility index (Phi) is 6.61. The summed E-state index contributed by atoms with van der Waals surface area (Å²) in [5.74, 6) is -1.01. The van der Waals surface area contributed by atoms with E-state index >= 15 is 0 Å². The summed E-state index contributed by atoms with van der Waals surface area (Å²) in [6.07, 6.45) is 0.701. The highest BCUT2D eigenvalue weighted by Gasteiger charge is 2.22. The molecule has 0 spiro atoms. The van der Waals surface area contributed by atoms with Crippen LogP contribution in [0.25, 0.3) is 0 Å². The quantitative estimate of drug-likeness (QED) is 0.729. The summed E-state index contributed by atoms with van der Waals surface area (Å²) >= 11 is 1.30. The van der Waals surface area contributed by atoms with Crippen molar-refractivity contribution in [3.8, 4) is 0 Å². The monoisotopic (exact) mass is 393 g/mol. The van der Waals surface area contributed by atoms with Crippen molar-refractivity contribution in [2.45, 2.75) is 33.1 Å². The molecule has 0 saturated carbocycles. The Bertz CT molecular complexity index is 856.